The van der Waals surface area contributed by atoms with Gasteiger partial charge in [-0.05, 0) is 37.1 Å². The van der Waals surface area contributed by atoms with Gasteiger partial charge >= 0.3 is 6.03 Å². The number of aromatic nitrogens is 3. The first-order valence-corrected chi connectivity index (χ1v) is 14.0. The number of piperazine rings is 1. The SMILES string of the molecule is O=C(Nc1cccc(-c2cnco2)c1)c1csc(C2CCN(C(=O)N3CCN(c4ccccn4)CC3)CC2)n1. The third kappa shape index (κ3) is 5.63. The van der Waals surface area contributed by atoms with Crippen LogP contribution in [0.5, 0.6) is 0 Å². The molecule has 39 heavy (non-hydrogen) atoms. The van der Waals surface area contributed by atoms with Crippen molar-refractivity contribution in [3.05, 3.63) is 77.3 Å². The minimum Gasteiger partial charge on any atom is -0.444 e. The van der Waals surface area contributed by atoms with Crippen LogP contribution in [0.25, 0.3) is 11.3 Å². The van der Waals surface area contributed by atoms with E-state index in [2.05, 4.69) is 25.2 Å². The smallest absolute Gasteiger partial charge is 0.320 e. The first-order chi connectivity index (χ1) is 19.1. The molecule has 2 aliphatic heterocycles. The standard InChI is InChI=1S/C28H29N7O3S/c36-26(31-22-5-3-4-21(16-22)24-17-29-19-38-24)23-18-39-27(32-23)20-7-10-34(11-8-20)28(37)35-14-12-33(13-15-35)25-6-1-2-9-30-25/h1-6,9,16-20H,7-8,10-15H2,(H,31,36). The molecule has 200 valence electrons. The van der Waals surface area contributed by atoms with Crippen LogP contribution in [0.1, 0.15) is 34.3 Å². The van der Waals surface area contributed by atoms with E-state index in [0.717, 1.165) is 42.3 Å². The molecule has 0 radical (unpaired) electrons. The lowest BCUT2D eigenvalue weighted by Crippen LogP contribution is -2.54. The van der Waals surface area contributed by atoms with Crippen molar-refractivity contribution >= 4 is 34.8 Å². The quantitative estimate of drug-likeness (QED) is 0.393. The third-order valence-electron chi connectivity index (χ3n) is 7.23. The molecular weight excluding hydrogens is 514 g/mol. The minimum atomic E-state index is -0.246. The van der Waals surface area contributed by atoms with Gasteiger partial charge in [-0.3, -0.25) is 4.79 Å². The maximum Gasteiger partial charge on any atom is 0.320 e. The fourth-order valence-electron chi connectivity index (χ4n) is 5.07. The Bertz CT molecular complexity index is 1410. The van der Waals surface area contributed by atoms with Crippen molar-refractivity contribution < 1.29 is 14.0 Å². The number of urea groups is 1. The van der Waals surface area contributed by atoms with Gasteiger partial charge < -0.3 is 24.4 Å². The number of rotatable bonds is 5. The van der Waals surface area contributed by atoms with E-state index in [1.165, 1.54) is 17.7 Å². The molecule has 0 atom stereocenters. The predicted molar refractivity (Wildman–Crippen MR) is 149 cm³/mol. The van der Waals surface area contributed by atoms with Gasteiger partial charge in [-0.1, -0.05) is 18.2 Å². The Kier molecular flexibility index (Phi) is 7.22. The van der Waals surface area contributed by atoms with Gasteiger partial charge in [0.2, 0.25) is 0 Å². The first-order valence-electron chi connectivity index (χ1n) is 13.1. The van der Waals surface area contributed by atoms with Crippen molar-refractivity contribution in [2.24, 2.45) is 0 Å². The summed E-state index contributed by atoms with van der Waals surface area (Å²) >= 11 is 1.51. The molecule has 6 rings (SSSR count). The topological polar surface area (TPSA) is 108 Å². The summed E-state index contributed by atoms with van der Waals surface area (Å²) in [6.45, 7) is 4.35. The Balaban J connectivity index is 0.999. The summed E-state index contributed by atoms with van der Waals surface area (Å²) in [5.74, 6) is 1.60. The second-order valence-corrected chi connectivity index (χ2v) is 10.6. The zero-order valence-electron chi connectivity index (χ0n) is 21.4. The molecule has 10 nitrogen and oxygen atoms in total. The monoisotopic (exact) mass is 543 g/mol. The van der Waals surface area contributed by atoms with Crippen molar-refractivity contribution in [2.75, 3.05) is 49.5 Å². The summed E-state index contributed by atoms with van der Waals surface area (Å²) < 4.78 is 5.35. The van der Waals surface area contributed by atoms with Crippen LogP contribution in [-0.4, -0.2) is 76.0 Å². The number of oxazole rings is 1. The number of nitrogens with one attached hydrogen (secondary N) is 1. The van der Waals surface area contributed by atoms with Crippen LogP contribution < -0.4 is 10.2 Å². The molecule has 0 bridgehead atoms. The number of amides is 3. The maximum absolute atomic E-state index is 13.1. The lowest BCUT2D eigenvalue weighted by atomic mass is 9.98. The van der Waals surface area contributed by atoms with E-state index in [0.29, 0.717) is 43.3 Å². The average Bonchev–Trinajstić information content (AvgIpc) is 3.71. The van der Waals surface area contributed by atoms with Crippen LogP contribution in [0.3, 0.4) is 0 Å². The normalized spacial score (nSPS) is 16.4. The predicted octanol–water partition coefficient (Wildman–Crippen LogP) is 4.57. The molecule has 3 amide bonds. The van der Waals surface area contributed by atoms with Crippen LogP contribution in [0.2, 0.25) is 0 Å². The highest BCUT2D eigenvalue weighted by Crippen LogP contribution is 2.31. The highest BCUT2D eigenvalue weighted by Gasteiger charge is 2.30. The van der Waals surface area contributed by atoms with Crippen molar-refractivity contribution in [3.63, 3.8) is 0 Å². The van der Waals surface area contributed by atoms with Crippen LogP contribution in [0.4, 0.5) is 16.3 Å². The fourth-order valence-corrected chi connectivity index (χ4v) is 6.04. The molecule has 1 N–H and O–H groups in total. The number of anilines is 2. The number of pyridine rings is 1. The lowest BCUT2D eigenvalue weighted by molar-refractivity contribution is 0.102. The summed E-state index contributed by atoms with van der Waals surface area (Å²) in [6, 6.07) is 13.4. The van der Waals surface area contributed by atoms with Gasteiger partial charge in [-0.25, -0.2) is 19.7 Å². The summed E-state index contributed by atoms with van der Waals surface area (Å²) in [4.78, 5) is 45.2. The lowest BCUT2D eigenvalue weighted by Gasteiger charge is -2.39. The van der Waals surface area contributed by atoms with Gasteiger partial charge in [-0.2, -0.15) is 0 Å². The van der Waals surface area contributed by atoms with E-state index in [-0.39, 0.29) is 17.9 Å². The van der Waals surface area contributed by atoms with Gasteiger partial charge in [0.1, 0.15) is 11.5 Å². The van der Waals surface area contributed by atoms with Gasteiger partial charge in [0.05, 0.1) is 11.2 Å². The largest absolute Gasteiger partial charge is 0.444 e. The Morgan fingerprint density at radius 1 is 0.974 bits per heavy atom. The molecule has 3 aromatic heterocycles. The number of carbonyl (C=O) groups excluding carboxylic acids is 2. The van der Waals surface area contributed by atoms with Gasteiger partial charge in [0.15, 0.2) is 12.2 Å². The Labute approximate surface area is 230 Å². The summed E-state index contributed by atoms with van der Waals surface area (Å²) in [7, 11) is 0. The number of hydrogen-bond donors (Lipinski definition) is 1. The molecule has 0 unspecified atom stereocenters. The van der Waals surface area contributed by atoms with Crippen molar-refractivity contribution in [2.45, 2.75) is 18.8 Å². The van der Waals surface area contributed by atoms with Crippen LogP contribution >= 0.6 is 11.3 Å². The number of carbonyl (C=O) groups is 2. The summed E-state index contributed by atoms with van der Waals surface area (Å²) in [5, 5.41) is 5.69. The van der Waals surface area contributed by atoms with E-state index in [1.807, 2.05) is 57.6 Å². The first kappa shape index (κ1) is 25.1. The molecule has 0 saturated carbocycles. The van der Waals surface area contributed by atoms with Gasteiger partial charge in [0.25, 0.3) is 5.91 Å². The number of piperidine rings is 1. The molecule has 5 heterocycles. The summed E-state index contributed by atoms with van der Waals surface area (Å²) in [5.41, 5.74) is 1.90. The molecule has 0 aliphatic carbocycles. The molecule has 1 aromatic carbocycles. The summed E-state index contributed by atoms with van der Waals surface area (Å²) in [6.07, 6.45) is 6.49. The highest BCUT2D eigenvalue weighted by molar-refractivity contribution is 7.10. The number of likely N-dealkylation sites (tertiary alicyclic amines) is 1. The Hall–Kier alpha value is -4.25. The van der Waals surface area contributed by atoms with Crippen molar-refractivity contribution in [3.8, 4) is 11.3 Å². The number of hydrogen-bond acceptors (Lipinski definition) is 8. The van der Waals surface area contributed by atoms with Crippen LogP contribution in [0.15, 0.2) is 71.0 Å². The van der Waals surface area contributed by atoms with E-state index in [4.69, 9.17) is 4.42 Å². The van der Waals surface area contributed by atoms with Gasteiger partial charge in [0, 0.05) is 68.0 Å². The van der Waals surface area contributed by atoms with Gasteiger partial charge in [-0.15, -0.1) is 11.3 Å². The second-order valence-electron chi connectivity index (χ2n) is 9.68. The molecule has 0 spiro atoms. The number of thiazole rings is 1. The fraction of sp³-hybridized carbons (Fsp3) is 0.321. The number of nitrogens with zero attached hydrogens (tertiary/aromatic N) is 6. The van der Waals surface area contributed by atoms with Crippen molar-refractivity contribution in [1.29, 1.82) is 0 Å². The molecule has 2 saturated heterocycles. The second kappa shape index (κ2) is 11.2. The van der Waals surface area contributed by atoms with Crippen LogP contribution in [-0.2, 0) is 0 Å². The average molecular weight is 544 g/mol. The Morgan fingerprint density at radius 2 is 1.79 bits per heavy atom. The van der Waals surface area contributed by atoms with Crippen LogP contribution in [0, 0.1) is 0 Å². The molecule has 2 aliphatic rings. The third-order valence-corrected chi connectivity index (χ3v) is 8.24. The highest BCUT2D eigenvalue weighted by atomic mass is 32.1. The van der Waals surface area contributed by atoms with E-state index in [9.17, 15) is 9.59 Å². The minimum absolute atomic E-state index is 0.112. The molecule has 4 aromatic rings. The maximum atomic E-state index is 13.1. The van der Waals surface area contributed by atoms with Crippen molar-refractivity contribution in [1.82, 2.24) is 24.8 Å². The van der Waals surface area contributed by atoms with E-state index in [1.54, 1.807) is 12.4 Å². The van der Waals surface area contributed by atoms with E-state index >= 15 is 0 Å². The zero-order chi connectivity index (χ0) is 26.6. The molecular formula is C28H29N7O3S. The zero-order valence-corrected chi connectivity index (χ0v) is 22.2. The molecule has 2 fully saturated rings. The van der Waals surface area contributed by atoms with E-state index < -0.39 is 0 Å². The molecule has 11 heteroatoms. The Morgan fingerprint density at radius 3 is 2.54 bits per heavy atom. The number of benzene rings is 1.